The van der Waals surface area contributed by atoms with Gasteiger partial charge in [-0.2, -0.15) is 0 Å². The van der Waals surface area contributed by atoms with E-state index in [0.717, 1.165) is 17.8 Å². The molecular formula is C16H14FN3O3S. The average molecular weight is 347 g/mol. The summed E-state index contributed by atoms with van der Waals surface area (Å²) >= 11 is 0. The van der Waals surface area contributed by atoms with Crippen LogP contribution in [0.2, 0.25) is 0 Å². The van der Waals surface area contributed by atoms with Gasteiger partial charge in [-0.15, -0.1) is 0 Å². The molecule has 0 unspecified atom stereocenters. The number of aryl methyl sites for hydroxylation is 1. The highest BCUT2D eigenvalue weighted by molar-refractivity contribution is 7.92. The number of halogens is 1. The number of nitrogens with one attached hydrogen (secondary N) is 2. The first-order valence-corrected chi connectivity index (χ1v) is 8.49. The third-order valence-corrected chi connectivity index (χ3v) is 4.56. The van der Waals surface area contributed by atoms with E-state index in [1.165, 1.54) is 12.1 Å². The lowest BCUT2D eigenvalue weighted by Crippen LogP contribution is -2.12. The van der Waals surface area contributed by atoms with E-state index in [0.29, 0.717) is 17.3 Å². The lowest BCUT2D eigenvalue weighted by Gasteiger charge is -2.09. The fourth-order valence-electron chi connectivity index (χ4n) is 2.02. The molecule has 3 rings (SSSR count). The maximum absolute atomic E-state index is 12.9. The largest absolute Gasteiger partial charge is 0.360 e. The van der Waals surface area contributed by atoms with Crippen LogP contribution in [0.1, 0.15) is 5.76 Å². The third kappa shape index (κ3) is 3.72. The van der Waals surface area contributed by atoms with Crippen molar-refractivity contribution in [3.8, 4) is 0 Å². The Labute approximate surface area is 138 Å². The zero-order chi connectivity index (χ0) is 17.2. The molecule has 0 atom stereocenters. The van der Waals surface area contributed by atoms with E-state index in [1.807, 2.05) is 0 Å². The van der Waals surface area contributed by atoms with Crippen LogP contribution >= 0.6 is 0 Å². The first-order valence-electron chi connectivity index (χ1n) is 7.01. The summed E-state index contributed by atoms with van der Waals surface area (Å²) in [6, 6.07) is 13.0. The molecule has 0 aliphatic carbocycles. The molecule has 0 saturated carbocycles. The number of hydrogen-bond acceptors (Lipinski definition) is 5. The molecule has 24 heavy (non-hydrogen) atoms. The monoisotopic (exact) mass is 347 g/mol. The van der Waals surface area contributed by atoms with Crippen LogP contribution in [0, 0.1) is 12.7 Å². The van der Waals surface area contributed by atoms with Gasteiger partial charge in [-0.05, 0) is 55.5 Å². The number of aromatic nitrogens is 1. The Balaban J connectivity index is 1.72. The molecule has 124 valence electrons. The first kappa shape index (κ1) is 16.0. The van der Waals surface area contributed by atoms with E-state index in [9.17, 15) is 12.8 Å². The van der Waals surface area contributed by atoms with Crippen LogP contribution in [0.4, 0.5) is 21.6 Å². The highest BCUT2D eigenvalue weighted by Gasteiger charge is 2.14. The van der Waals surface area contributed by atoms with Gasteiger partial charge >= 0.3 is 0 Å². The minimum atomic E-state index is -3.76. The van der Waals surface area contributed by atoms with Crippen LogP contribution in [-0.2, 0) is 10.0 Å². The van der Waals surface area contributed by atoms with Gasteiger partial charge in [-0.1, -0.05) is 5.16 Å². The lowest BCUT2D eigenvalue weighted by molar-refractivity contribution is 0.400. The van der Waals surface area contributed by atoms with Crippen molar-refractivity contribution < 1.29 is 17.3 Å². The van der Waals surface area contributed by atoms with Crippen LogP contribution in [0.25, 0.3) is 0 Å². The fraction of sp³-hybridized carbons (Fsp3) is 0.0625. The molecule has 6 nitrogen and oxygen atoms in total. The summed E-state index contributed by atoms with van der Waals surface area (Å²) in [4.78, 5) is -0.0100. The van der Waals surface area contributed by atoms with Crippen molar-refractivity contribution in [2.24, 2.45) is 0 Å². The van der Waals surface area contributed by atoms with Gasteiger partial charge in [0.25, 0.3) is 10.0 Å². The van der Waals surface area contributed by atoms with Gasteiger partial charge in [0, 0.05) is 17.4 Å². The van der Waals surface area contributed by atoms with Crippen molar-refractivity contribution in [1.29, 1.82) is 0 Å². The fourth-order valence-corrected chi connectivity index (χ4v) is 3.08. The third-order valence-electron chi connectivity index (χ3n) is 3.16. The van der Waals surface area contributed by atoms with Gasteiger partial charge < -0.3 is 9.84 Å². The standard InChI is InChI=1S/C16H14FN3O3S/c1-11-10-16(19-23-11)18-13-4-6-14(7-5-13)20-24(21,22)15-8-2-12(17)3-9-15/h2-10,20H,1H3,(H,18,19). The molecule has 0 saturated heterocycles. The molecule has 1 aromatic heterocycles. The SMILES string of the molecule is Cc1cc(Nc2ccc(NS(=O)(=O)c3ccc(F)cc3)cc2)no1. The molecular weight excluding hydrogens is 333 g/mol. The van der Waals surface area contributed by atoms with Gasteiger partial charge in [0.1, 0.15) is 11.6 Å². The molecule has 0 spiro atoms. The summed E-state index contributed by atoms with van der Waals surface area (Å²) in [5.41, 5.74) is 1.12. The average Bonchev–Trinajstić information content (AvgIpc) is 2.94. The van der Waals surface area contributed by atoms with Crippen molar-refractivity contribution in [3.63, 3.8) is 0 Å². The first-order chi connectivity index (χ1) is 11.4. The molecule has 8 heteroatoms. The summed E-state index contributed by atoms with van der Waals surface area (Å²) < 4.78 is 44.7. The number of sulfonamides is 1. The van der Waals surface area contributed by atoms with Crippen LogP contribution < -0.4 is 10.0 Å². The summed E-state index contributed by atoms with van der Waals surface area (Å²) in [5.74, 6) is 0.751. The zero-order valence-electron chi connectivity index (χ0n) is 12.7. The molecule has 2 aromatic carbocycles. The highest BCUT2D eigenvalue weighted by atomic mass is 32.2. The normalized spacial score (nSPS) is 11.2. The summed E-state index contributed by atoms with van der Waals surface area (Å²) in [7, 11) is -3.76. The van der Waals surface area contributed by atoms with Crippen LogP contribution in [0.5, 0.6) is 0 Å². The van der Waals surface area contributed by atoms with Crippen LogP contribution in [0.15, 0.2) is 64.0 Å². The molecule has 0 bridgehead atoms. The van der Waals surface area contributed by atoms with E-state index in [4.69, 9.17) is 4.52 Å². The molecule has 0 fully saturated rings. The minimum Gasteiger partial charge on any atom is -0.360 e. The lowest BCUT2D eigenvalue weighted by atomic mass is 10.3. The second-order valence-corrected chi connectivity index (χ2v) is 6.77. The quantitative estimate of drug-likeness (QED) is 0.736. The zero-order valence-corrected chi connectivity index (χ0v) is 13.5. The maximum Gasteiger partial charge on any atom is 0.261 e. The summed E-state index contributed by atoms with van der Waals surface area (Å²) in [6.45, 7) is 1.78. The molecule has 2 N–H and O–H groups in total. The number of anilines is 3. The van der Waals surface area contributed by atoms with Gasteiger partial charge in [0.05, 0.1) is 4.90 Å². The Kier molecular flexibility index (Phi) is 4.22. The van der Waals surface area contributed by atoms with E-state index in [1.54, 1.807) is 37.3 Å². The second-order valence-electron chi connectivity index (χ2n) is 5.08. The van der Waals surface area contributed by atoms with Gasteiger partial charge in [0.2, 0.25) is 0 Å². The van der Waals surface area contributed by atoms with Crippen molar-refractivity contribution >= 4 is 27.2 Å². The summed E-state index contributed by atoms with van der Waals surface area (Å²) in [6.07, 6.45) is 0. The van der Waals surface area contributed by atoms with E-state index < -0.39 is 15.8 Å². The minimum absolute atomic E-state index is 0.0100. The van der Waals surface area contributed by atoms with Gasteiger partial charge in [-0.25, -0.2) is 12.8 Å². The van der Waals surface area contributed by atoms with Crippen LogP contribution in [-0.4, -0.2) is 13.6 Å². The second kappa shape index (κ2) is 6.32. The predicted octanol–water partition coefficient (Wildman–Crippen LogP) is 3.67. The van der Waals surface area contributed by atoms with Gasteiger partial charge in [-0.3, -0.25) is 4.72 Å². The van der Waals surface area contributed by atoms with Gasteiger partial charge in [0.15, 0.2) is 5.82 Å². The Bertz CT molecular complexity index is 935. The molecule has 3 aromatic rings. The Morgan fingerprint density at radius 3 is 2.21 bits per heavy atom. The molecule has 0 aliphatic heterocycles. The Morgan fingerprint density at radius 2 is 1.62 bits per heavy atom. The van der Waals surface area contributed by atoms with E-state index >= 15 is 0 Å². The Hall–Kier alpha value is -2.87. The van der Waals surface area contributed by atoms with E-state index in [2.05, 4.69) is 15.2 Å². The van der Waals surface area contributed by atoms with Crippen molar-refractivity contribution in [2.45, 2.75) is 11.8 Å². The number of hydrogen-bond donors (Lipinski definition) is 2. The number of nitrogens with zero attached hydrogens (tertiary/aromatic N) is 1. The van der Waals surface area contributed by atoms with Crippen LogP contribution in [0.3, 0.4) is 0 Å². The molecule has 0 radical (unpaired) electrons. The molecule has 1 heterocycles. The van der Waals surface area contributed by atoms with Crippen molar-refractivity contribution in [3.05, 3.63) is 66.2 Å². The highest BCUT2D eigenvalue weighted by Crippen LogP contribution is 2.21. The topological polar surface area (TPSA) is 84.2 Å². The molecule has 0 aliphatic rings. The van der Waals surface area contributed by atoms with E-state index in [-0.39, 0.29) is 4.90 Å². The Morgan fingerprint density at radius 1 is 1.00 bits per heavy atom. The number of benzene rings is 2. The summed E-state index contributed by atoms with van der Waals surface area (Å²) in [5, 5.41) is 6.84. The molecule has 0 amide bonds. The number of rotatable bonds is 5. The van der Waals surface area contributed by atoms with Crippen molar-refractivity contribution in [1.82, 2.24) is 5.16 Å². The maximum atomic E-state index is 12.9. The smallest absolute Gasteiger partial charge is 0.261 e. The van der Waals surface area contributed by atoms with Crippen molar-refractivity contribution in [2.75, 3.05) is 10.0 Å². The predicted molar refractivity (Wildman–Crippen MR) is 88.2 cm³/mol.